The summed E-state index contributed by atoms with van der Waals surface area (Å²) < 4.78 is 0. The zero-order valence-electron chi connectivity index (χ0n) is 9.50. The van der Waals surface area contributed by atoms with E-state index in [1.807, 2.05) is 0 Å². The van der Waals surface area contributed by atoms with Crippen LogP contribution in [-0.2, 0) is 0 Å². The van der Waals surface area contributed by atoms with Crippen LogP contribution in [0.5, 0.6) is 0 Å². The van der Waals surface area contributed by atoms with Gasteiger partial charge in [-0.1, -0.05) is 38.8 Å². The van der Waals surface area contributed by atoms with Gasteiger partial charge in [-0.2, -0.15) is 0 Å². The van der Waals surface area contributed by atoms with E-state index in [0.717, 1.165) is 23.7 Å². The van der Waals surface area contributed by atoms with E-state index in [4.69, 9.17) is 0 Å². The molecular weight excluding hydrogens is 168 g/mol. The minimum Gasteiger partial charge on any atom is -0.0845 e. The van der Waals surface area contributed by atoms with Crippen molar-refractivity contribution in [2.45, 2.75) is 46.0 Å². The number of hydrogen-bond donors (Lipinski definition) is 0. The maximum absolute atomic E-state index is 2.57. The molecule has 0 heteroatoms. The van der Waals surface area contributed by atoms with Crippen LogP contribution >= 0.6 is 0 Å². The SMILES string of the molecule is CC1CC2C1C=CC2C1(C)CCCC1. The lowest BCUT2D eigenvalue weighted by Gasteiger charge is -2.46. The highest BCUT2D eigenvalue weighted by Crippen LogP contribution is 2.58. The van der Waals surface area contributed by atoms with E-state index in [0.29, 0.717) is 5.41 Å². The third-order valence-corrected chi connectivity index (χ3v) is 5.35. The average Bonchev–Trinajstić information content (AvgIpc) is 2.70. The first-order chi connectivity index (χ1) is 6.71. The van der Waals surface area contributed by atoms with Crippen LogP contribution in [0.4, 0.5) is 0 Å². The first kappa shape index (κ1) is 9.00. The molecule has 0 saturated heterocycles. The Kier molecular flexibility index (Phi) is 1.84. The lowest BCUT2D eigenvalue weighted by atomic mass is 9.58. The van der Waals surface area contributed by atoms with Crippen molar-refractivity contribution in [2.24, 2.45) is 29.1 Å². The summed E-state index contributed by atoms with van der Waals surface area (Å²) in [5.41, 5.74) is 0.677. The van der Waals surface area contributed by atoms with Crippen LogP contribution in [-0.4, -0.2) is 0 Å². The van der Waals surface area contributed by atoms with Crippen molar-refractivity contribution in [3.8, 4) is 0 Å². The monoisotopic (exact) mass is 190 g/mol. The molecular formula is C14H22. The summed E-state index contributed by atoms with van der Waals surface area (Å²) in [6, 6.07) is 0. The molecule has 4 atom stereocenters. The van der Waals surface area contributed by atoms with E-state index >= 15 is 0 Å². The molecule has 3 aliphatic carbocycles. The molecule has 0 aromatic heterocycles. The van der Waals surface area contributed by atoms with E-state index < -0.39 is 0 Å². The molecule has 0 spiro atoms. The fourth-order valence-corrected chi connectivity index (χ4v) is 4.34. The van der Waals surface area contributed by atoms with Crippen molar-refractivity contribution in [1.29, 1.82) is 0 Å². The van der Waals surface area contributed by atoms with Crippen LogP contribution in [0, 0.1) is 29.1 Å². The molecule has 0 bridgehead atoms. The highest BCUT2D eigenvalue weighted by atomic mass is 14.5. The third-order valence-electron chi connectivity index (χ3n) is 5.35. The van der Waals surface area contributed by atoms with Crippen molar-refractivity contribution in [3.05, 3.63) is 12.2 Å². The molecule has 0 aromatic rings. The van der Waals surface area contributed by atoms with Gasteiger partial charge >= 0.3 is 0 Å². The van der Waals surface area contributed by atoms with Crippen LogP contribution in [0.3, 0.4) is 0 Å². The largest absolute Gasteiger partial charge is 0.0845 e. The van der Waals surface area contributed by atoms with Crippen LogP contribution in [0.15, 0.2) is 12.2 Å². The van der Waals surface area contributed by atoms with Crippen molar-refractivity contribution in [3.63, 3.8) is 0 Å². The van der Waals surface area contributed by atoms with E-state index in [9.17, 15) is 0 Å². The van der Waals surface area contributed by atoms with E-state index in [1.54, 1.807) is 0 Å². The van der Waals surface area contributed by atoms with Crippen molar-refractivity contribution in [2.75, 3.05) is 0 Å². The first-order valence-electron chi connectivity index (χ1n) is 6.39. The highest BCUT2D eigenvalue weighted by molar-refractivity contribution is 5.17. The molecule has 0 N–H and O–H groups in total. The summed E-state index contributed by atoms with van der Waals surface area (Å²) in [6.07, 6.45) is 12.5. The van der Waals surface area contributed by atoms with Crippen LogP contribution in [0.1, 0.15) is 46.0 Å². The van der Waals surface area contributed by atoms with Gasteiger partial charge in [0.1, 0.15) is 0 Å². The Hall–Kier alpha value is -0.260. The molecule has 2 saturated carbocycles. The second-order valence-electron chi connectivity index (χ2n) is 6.23. The second-order valence-corrected chi connectivity index (χ2v) is 6.23. The number of rotatable bonds is 1. The minimum absolute atomic E-state index is 0.677. The molecule has 0 heterocycles. The average molecular weight is 190 g/mol. The first-order valence-corrected chi connectivity index (χ1v) is 6.39. The lowest BCUT2D eigenvalue weighted by molar-refractivity contribution is 0.0463. The predicted molar refractivity (Wildman–Crippen MR) is 60.0 cm³/mol. The topological polar surface area (TPSA) is 0 Å². The van der Waals surface area contributed by atoms with E-state index in [1.165, 1.54) is 32.1 Å². The number of allylic oxidation sites excluding steroid dienone is 2. The summed E-state index contributed by atoms with van der Waals surface area (Å²) in [4.78, 5) is 0. The van der Waals surface area contributed by atoms with Gasteiger partial charge in [0.25, 0.3) is 0 Å². The molecule has 78 valence electrons. The molecule has 3 aliphatic rings. The second kappa shape index (κ2) is 2.87. The standard InChI is InChI=1S/C14H22/c1-10-9-12-11(10)5-6-13(12)14(2)7-3-4-8-14/h5-6,10-13H,3-4,7-9H2,1-2H3. The normalized spacial score (nSPS) is 49.0. The molecule has 0 radical (unpaired) electrons. The van der Waals surface area contributed by atoms with Gasteiger partial charge in [0.05, 0.1) is 0 Å². The van der Waals surface area contributed by atoms with Gasteiger partial charge < -0.3 is 0 Å². The van der Waals surface area contributed by atoms with Crippen LogP contribution in [0.25, 0.3) is 0 Å². The molecule has 0 aromatic carbocycles. The maximum atomic E-state index is 2.57. The maximum Gasteiger partial charge on any atom is -0.0145 e. The Morgan fingerprint density at radius 1 is 1.14 bits per heavy atom. The smallest absolute Gasteiger partial charge is 0.0145 e. The molecule has 4 unspecified atom stereocenters. The Labute approximate surface area is 87.8 Å². The number of hydrogen-bond acceptors (Lipinski definition) is 0. The Balaban J connectivity index is 1.78. The highest BCUT2D eigenvalue weighted by Gasteiger charge is 2.50. The van der Waals surface area contributed by atoms with Gasteiger partial charge in [0.2, 0.25) is 0 Å². The molecule has 14 heavy (non-hydrogen) atoms. The molecule has 3 rings (SSSR count). The van der Waals surface area contributed by atoms with Gasteiger partial charge in [-0.05, 0) is 48.3 Å². The molecule has 2 fully saturated rings. The van der Waals surface area contributed by atoms with E-state index in [2.05, 4.69) is 26.0 Å². The minimum atomic E-state index is 0.677. The summed E-state index contributed by atoms with van der Waals surface area (Å²) >= 11 is 0. The summed E-state index contributed by atoms with van der Waals surface area (Å²) in [6.45, 7) is 4.96. The van der Waals surface area contributed by atoms with Crippen LogP contribution in [0.2, 0.25) is 0 Å². The summed E-state index contributed by atoms with van der Waals surface area (Å²) in [5.74, 6) is 3.91. The Morgan fingerprint density at radius 3 is 2.43 bits per heavy atom. The van der Waals surface area contributed by atoms with Crippen LogP contribution < -0.4 is 0 Å². The van der Waals surface area contributed by atoms with Gasteiger partial charge in [-0.15, -0.1) is 0 Å². The Bertz CT molecular complexity index is 257. The quantitative estimate of drug-likeness (QED) is 0.548. The van der Waals surface area contributed by atoms with E-state index in [-0.39, 0.29) is 0 Å². The van der Waals surface area contributed by atoms with Gasteiger partial charge in [0.15, 0.2) is 0 Å². The van der Waals surface area contributed by atoms with Gasteiger partial charge in [-0.3, -0.25) is 0 Å². The molecule has 0 amide bonds. The summed E-state index contributed by atoms with van der Waals surface area (Å²) in [5, 5.41) is 0. The zero-order chi connectivity index (χ0) is 9.76. The Morgan fingerprint density at radius 2 is 1.86 bits per heavy atom. The fraction of sp³-hybridized carbons (Fsp3) is 0.857. The summed E-state index contributed by atoms with van der Waals surface area (Å²) in [7, 11) is 0. The van der Waals surface area contributed by atoms with Gasteiger partial charge in [0, 0.05) is 0 Å². The van der Waals surface area contributed by atoms with Crippen molar-refractivity contribution >= 4 is 0 Å². The fourth-order valence-electron chi connectivity index (χ4n) is 4.34. The van der Waals surface area contributed by atoms with Gasteiger partial charge in [-0.25, -0.2) is 0 Å². The molecule has 0 aliphatic heterocycles. The lowest BCUT2D eigenvalue weighted by Crippen LogP contribution is -2.39. The molecule has 0 nitrogen and oxygen atoms in total. The third kappa shape index (κ3) is 1.06. The van der Waals surface area contributed by atoms with Crippen molar-refractivity contribution in [1.82, 2.24) is 0 Å². The predicted octanol–water partition coefficient (Wildman–Crippen LogP) is 4.02. The van der Waals surface area contributed by atoms with Crippen molar-refractivity contribution < 1.29 is 0 Å². The zero-order valence-corrected chi connectivity index (χ0v) is 9.50. The number of fused-ring (bicyclic) bond motifs is 1.